The van der Waals surface area contributed by atoms with E-state index >= 15 is 0 Å². The molecule has 19 heavy (non-hydrogen) atoms. The molecule has 0 bridgehead atoms. The van der Waals surface area contributed by atoms with E-state index in [1.54, 1.807) is 12.1 Å². The van der Waals surface area contributed by atoms with E-state index in [1.165, 1.54) is 30.0 Å². The van der Waals surface area contributed by atoms with E-state index < -0.39 is 0 Å². The van der Waals surface area contributed by atoms with Crippen LogP contribution in [0.25, 0.3) is 0 Å². The molecule has 0 radical (unpaired) electrons. The highest BCUT2D eigenvalue weighted by molar-refractivity contribution is 9.10. The molecule has 0 saturated carbocycles. The summed E-state index contributed by atoms with van der Waals surface area (Å²) in [5, 5.41) is 0. The first-order valence-electron chi connectivity index (χ1n) is 6.41. The Morgan fingerprint density at radius 3 is 2.74 bits per heavy atom. The first-order valence-corrected chi connectivity index (χ1v) is 7.20. The van der Waals surface area contributed by atoms with Gasteiger partial charge in [-0.2, -0.15) is 0 Å². The molecule has 0 amide bonds. The Bertz CT molecular complexity index is 610. The topological polar surface area (TPSA) is 9.23 Å². The van der Waals surface area contributed by atoms with Gasteiger partial charge in [-0.25, -0.2) is 4.39 Å². The van der Waals surface area contributed by atoms with Gasteiger partial charge in [-0.3, -0.25) is 0 Å². The van der Waals surface area contributed by atoms with Gasteiger partial charge in [-0.1, -0.05) is 12.1 Å². The van der Waals surface area contributed by atoms with Crippen LogP contribution >= 0.6 is 15.9 Å². The fourth-order valence-electron chi connectivity index (χ4n) is 2.43. The minimum absolute atomic E-state index is 0.249. The standard InChI is InChI=1S/C16H14BrFO/c17-15-8-11(4-7-16(15)18)10-19-14-6-5-12-2-1-3-13(12)9-14/h4-9H,1-3,10H2. The molecule has 0 unspecified atom stereocenters. The zero-order chi connectivity index (χ0) is 13.2. The Hall–Kier alpha value is -1.35. The fraction of sp³-hybridized carbons (Fsp3) is 0.250. The molecule has 0 N–H and O–H groups in total. The van der Waals surface area contributed by atoms with Crippen molar-refractivity contribution in [3.63, 3.8) is 0 Å². The van der Waals surface area contributed by atoms with Gasteiger partial charge >= 0.3 is 0 Å². The third kappa shape index (κ3) is 2.81. The Balaban J connectivity index is 1.70. The maximum Gasteiger partial charge on any atom is 0.137 e. The van der Waals surface area contributed by atoms with Gasteiger partial charge in [0.1, 0.15) is 18.2 Å². The number of ether oxygens (including phenoxy) is 1. The van der Waals surface area contributed by atoms with Gasteiger partial charge in [0.25, 0.3) is 0 Å². The van der Waals surface area contributed by atoms with Gasteiger partial charge in [0, 0.05) is 0 Å². The molecule has 0 saturated heterocycles. The predicted octanol–water partition coefficient (Wildman–Crippen LogP) is 4.66. The van der Waals surface area contributed by atoms with E-state index in [9.17, 15) is 4.39 Å². The number of benzene rings is 2. The van der Waals surface area contributed by atoms with Crippen LogP contribution in [-0.2, 0) is 19.4 Å². The monoisotopic (exact) mass is 320 g/mol. The second-order valence-electron chi connectivity index (χ2n) is 4.82. The van der Waals surface area contributed by atoms with Crippen LogP contribution < -0.4 is 4.74 Å². The summed E-state index contributed by atoms with van der Waals surface area (Å²) < 4.78 is 19.4. The van der Waals surface area contributed by atoms with Crippen LogP contribution in [-0.4, -0.2) is 0 Å². The number of rotatable bonds is 3. The van der Waals surface area contributed by atoms with Crippen molar-refractivity contribution in [1.82, 2.24) is 0 Å². The summed E-state index contributed by atoms with van der Waals surface area (Å²) in [5.41, 5.74) is 3.79. The number of hydrogen-bond acceptors (Lipinski definition) is 1. The van der Waals surface area contributed by atoms with Crippen LogP contribution in [0, 0.1) is 5.82 Å². The lowest BCUT2D eigenvalue weighted by Crippen LogP contribution is -1.97. The minimum Gasteiger partial charge on any atom is -0.489 e. The van der Waals surface area contributed by atoms with Crippen LogP contribution in [0.1, 0.15) is 23.1 Å². The van der Waals surface area contributed by atoms with Crippen molar-refractivity contribution in [2.75, 3.05) is 0 Å². The third-order valence-electron chi connectivity index (χ3n) is 3.46. The van der Waals surface area contributed by atoms with Gasteiger partial charge in [0.15, 0.2) is 0 Å². The molecule has 1 nitrogen and oxygen atoms in total. The zero-order valence-electron chi connectivity index (χ0n) is 10.5. The maximum absolute atomic E-state index is 13.1. The molecule has 2 aromatic rings. The van der Waals surface area contributed by atoms with Crippen LogP contribution in [0.2, 0.25) is 0 Å². The number of fused-ring (bicyclic) bond motifs is 1. The summed E-state index contributed by atoms with van der Waals surface area (Å²) in [7, 11) is 0. The lowest BCUT2D eigenvalue weighted by molar-refractivity contribution is 0.305. The van der Waals surface area contributed by atoms with Gasteiger partial charge < -0.3 is 4.74 Å². The van der Waals surface area contributed by atoms with E-state index in [2.05, 4.69) is 28.1 Å². The minimum atomic E-state index is -0.249. The molecule has 0 aromatic heterocycles. The maximum atomic E-state index is 13.1. The Kier molecular flexibility index (Phi) is 3.56. The van der Waals surface area contributed by atoms with Crippen LogP contribution in [0.5, 0.6) is 5.75 Å². The van der Waals surface area contributed by atoms with Crippen molar-refractivity contribution in [3.8, 4) is 5.75 Å². The van der Waals surface area contributed by atoms with Crippen molar-refractivity contribution in [2.45, 2.75) is 25.9 Å². The van der Waals surface area contributed by atoms with Crippen molar-refractivity contribution in [1.29, 1.82) is 0 Å². The first-order chi connectivity index (χ1) is 9.22. The molecule has 0 atom stereocenters. The highest BCUT2D eigenvalue weighted by atomic mass is 79.9. The van der Waals surface area contributed by atoms with E-state index in [-0.39, 0.29) is 5.82 Å². The van der Waals surface area contributed by atoms with Crippen molar-refractivity contribution < 1.29 is 9.13 Å². The smallest absolute Gasteiger partial charge is 0.137 e. The molecule has 0 fully saturated rings. The number of aryl methyl sites for hydroxylation is 2. The summed E-state index contributed by atoms with van der Waals surface area (Å²) in [4.78, 5) is 0. The van der Waals surface area contributed by atoms with Crippen LogP contribution in [0.3, 0.4) is 0 Å². The van der Waals surface area contributed by atoms with Crippen molar-refractivity contribution in [3.05, 3.63) is 63.4 Å². The molecule has 98 valence electrons. The van der Waals surface area contributed by atoms with E-state index in [0.717, 1.165) is 17.7 Å². The second-order valence-corrected chi connectivity index (χ2v) is 5.68. The normalized spacial score (nSPS) is 13.4. The molecule has 1 aliphatic carbocycles. The van der Waals surface area contributed by atoms with Gasteiger partial charge in [0.2, 0.25) is 0 Å². The van der Waals surface area contributed by atoms with Gasteiger partial charge in [-0.05, 0) is 76.1 Å². The molecular weight excluding hydrogens is 307 g/mol. The quantitative estimate of drug-likeness (QED) is 0.799. The molecule has 0 aliphatic heterocycles. The average Bonchev–Trinajstić information content (AvgIpc) is 2.87. The molecule has 3 rings (SSSR count). The van der Waals surface area contributed by atoms with E-state index in [4.69, 9.17) is 4.74 Å². The average molecular weight is 321 g/mol. The number of hydrogen-bond donors (Lipinski definition) is 0. The van der Waals surface area contributed by atoms with E-state index in [0.29, 0.717) is 11.1 Å². The Morgan fingerprint density at radius 2 is 1.89 bits per heavy atom. The van der Waals surface area contributed by atoms with Crippen molar-refractivity contribution >= 4 is 15.9 Å². The summed E-state index contributed by atoms with van der Waals surface area (Å²) >= 11 is 3.18. The SMILES string of the molecule is Fc1ccc(COc2ccc3c(c2)CCC3)cc1Br. The third-order valence-corrected chi connectivity index (χ3v) is 4.07. The van der Waals surface area contributed by atoms with Gasteiger partial charge in [-0.15, -0.1) is 0 Å². The lowest BCUT2D eigenvalue weighted by atomic mass is 10.1. The summed E-state index contributed by atoms with van der Waals surface area (Å²) in [6, 6.07) is 11.2. The molecule has 0 spiro atoms. The Morgan fingerprint density at radius 1 is 1.05 bits per heavy atom. The molecule has 1 aliphatic rings. The second kappa shape index (κ2) is 5.33. The van der Waals surface area contributed by atoms with Crippen LogP contribution in [0.4, 0.5) is 4.39 Å². The fourth-order valence-corrected chi connectivity index (χ4v) is 2.86. The summed E-state index contributed by atoms with van der Waals surface area (Å²) in [5.74, 6) is 0.641. The zero-order valence-corrected chi connectivity index (χ0v) is 12.0. The molecule has 3 heteroatoms. The van der Waals surface area contributed by atoms with Gasteiger partial charge in [0.05, 0.1) is 4.47 Å². The van der Waals surface area contributed by atoms with Crippen molar-refractivity contribution in [2.24, 2.45) is 0 Å². The molecule has 0 heterocycles. The molecular formula is C16H14BrFO. The van der Waals surface area contributed by atoms with Crippen LogP contribution in [0.15, 0.2) is 40.9 Å². The highest BCUT2D eigenvalue weighted by Crippen LogP contribution is 2.26. The first kappa shape index (κ1) is 12.7. The predicted molar refractivity (Wildman–Crippen MR) is 76.9 cm³/mol. The number of halogens is 2. The van der Waals surface area contributed by atoms with E-state index in [1.807, 2.05) is 6.07 Å². The summed E-state index contributed by atoms with van der Waals surface area (Å²) in [6.07, 6.45) is 3.57. The lowest BCUT2D eigenvalue weighted by Gasteiger charge is -2.08. The summed E-state index contributed by atoms with van der Waals surface area (Å²) in [6.45, 7) is 0.456. The highest BCUT2D eigenvalue weighted by Gasteiger charge is 2.11. The largest absolute Gasteiger partial charge is 0.489 e. The molecule has 2 aromatic carbocycles. The Labute approximate surface area is 120 Å².